The van der Waals surface area contributed by atoms with Gasteiger partial charge < -0.3 is 9.47 Å². The van der Waals surface area contributed by atoms with Gasteiger partial charge in [-0.25, -0.2) is 0 Å². The Morgan fingerprint density at radius 2 is 2.12 bits per heavy atom. The van der Waals surface area contributed by atoms with Crippen LogP contribution in [0, 0.1) is 0 Å². The van der Waals surface area contributed by atoms with Crippen LogP contribution < -0.4 is 4.74 Å². The SMILES string of the molecule is Clc1cccc(CBr)c1OC1CCOCC1. The van der Waals surface area contributed by atoms with Crippen molar-refractivity contribution in [3.63, 3.8) is 0 Å². The Labute approximate surface area is 109 Å². The average Bonchev–Trinajstić information content (AvgIpc) is 2.33. The first-order valence-electron chi connectivity index (χ1n) is 5.39. The quantitative estimate of drug-likeness (QED) is 0.791. The lowest BCUT2D eigenvalue weighted by Crippen LogP contribution is -2.26. The van der Waals surface area contributed by atoms with Crippen LogP contribution in [0.2, 0.25) is 5.02 Å². The zero-order chi connectivity index (χ0) is 11.4. The maximum atomic E-state index is 6.15. The molecule has 1 saturated heterocycles. The van der Waals surface area contributed by atoms with Crippen LogP contribution in [-0.4, -0.2) is 19.3 Å². The van der Waals surface area contributed by atoms with Crippen molar-refractivity contribution in [2.24, 2.45) is 0 Å². The summed E-state index contributed by atoms with van der Waals surface area (Å²) in [4.78, 5) is 0. The molecular weight excluding hydrogens is 291 g/mol. The molecule has 2 rings (SSSR count). The van der Waals surface area contributed by atoms with Gasteiger partial charge >= 0.3 is 0 Å². The fraction of sp³-hybridized carbons (Fsp3) is 0.500. The highest BCUT2D eigenvalue weighted by atomic mass is 79.9. The molecule has 0 radical (unpaired) electrons. The summed E-state index contributed by atoms with van der Waals surface area (Å²) < 4.78 is 11.3. The van der Waals surface area contributed by atoms with Gasteiger partial charge in [-0.1, -0.05) is 39.7 Å². The lowest BCUT2D eigenvalue weighted by Gasteiger charge is -2.24. The maximum Gasteiger partial charge on any atom is 0.142 e. The second kappa shape index (κ2) is 5.89. The number of hydrogen-bond acceptors (Lipinski definition) is 2. The van der Waals surface area contributed by atoms with E-state index in [4.69, 9.17) is 21.1 Å². The Hall–Kier alpha value is -0.250. The molecule has 1 aromatic carbocycles. The van der Waals surface area contributed by atoms with Gasteiger partial charge in [0.15, 0.2) is 0 Å². The summed E-state index contributed by atoms with van der Waals surface area (Å²) in [5.74, 6) is 0.813. The van der Waals surface area contributed by atoms with Crippen molar-refractivity contribution >= 4 is 27.5 Å². The Morgan fingerprint density at radius 1 is 1.38 bits per heavy atom. The molecule has 0 atom stereocenters. The first-order chi connectivity index (χ1) is 7.81. The van der Waals surface area contributed by atoms with E-state index in [2.05, 4.69) is 15.9 Å². The molecule has 0 spiro atoms. The zero-order valence-corrected chi connectivity index (χ0v) is 11.3. The summed E-state index contributed by atoms with van der Waals surface area (Å²) in [5.41, 5.74) is 1.10. The van der Waals surface area contributed by atoms with Gasteiger partial charge in [0.05, 0.1) is 18.2 Å². The molecule has 4 heteroatoms. The van der Waals surface area contributed by atoms with Crippen LogP contribution in [0.1, 0.15) is 18.4 Å². The molecule has 1 heterocycles. The lowest BCUT2D eigenvalue weighted by molar-refractivity contribution is 0.0253. The van der Waals surface area contributed by atoms with Crippen LogP contribution in [0.4, 0.5) is 0 Å². The predicted molar refractivity (Wildman–Crippen MR) is 68.6 cm³/mol. The summed E-state index contributed by atoms with van der Waals surface area (Å²) in [6, 6.07) is 5.83. The van der Waals surface area contributed by atoms with Crippen molar-refractivity contribution in [1.29, 1.82) is 0 Å². The zero-order valence-electron chi connectivity index (χ0n) is 8.92. The molecule has 88 valence electrons. The van der Waals surface area contributed by atoms with Crippen molar-refractivity contribution in [3.05, 3.63) is 28.8 Å². The van der Waals surface area contributed by atoms with Crippen molar-refractivity contribution < 1.29 is 9.47 Å². The summed E-state index contributed by atoms with van der Waals surface area (Å²) in [6.07, 6.45) is 2.10. The van der Waals surface area contributed by atoms with Gasteiger partial charge in [-0.2, -0.15) is 0 Å². The fourth-order valence-corrected chi connectivity index (χ4v) is 2.43. The Morgan fingerprint density at radius 3 is 2.81 bits per heavy atom. The van der Waals surface area contributed by atoms with E-state index >= 15 is 0 Å². The molecule has 1 aromatic rings. The van der Waals surface area contributed by atoms with E-state index in [0.717, 1.165) is 42.7 Å². The van der Waals surface area contributed by atoms with E-state index in [-0.39, 0.29) is 6.10 Å². The molecule has 1 fully saturated rings. The summed E-state index contributed by atoms with van der Waals surface area (Å²) in [5, 5.41) is 1.44. The Bertz CT molecular complexity index is 351. The smallest absolute Gasteiger partial charge is 0.142 e. The second-order valence-corrected chi connectivity index (χ2v) is 4.76. The molecule has 1 aliphatic rings. The van der Waals surface area contributed by atoms with E-state index in [0.29, 0.717) is 5.02 Å². The largest absolute Gasteiger partial charge is 0.488 e. The van der Waals surface area contributed by atoms with E-state index in [1.54, 1.807) is 0 Å². The summed E-state index contributed by atoms with van der Waals surface area (Å²) in [7, 11) is 0. The fourth-order valence-electron chi connectivity index (χ4n) is 1.75. The van der Waals surface area contributed by atoms with Gasteiger partial charge in [0.1, 0.15) is 11.9 Å². The topological polar surface area (TPSA) is 18.5 Å². The van der Waals surface area contributed by atoms with Crippen LogP contribution in [-0.2, 0) is 10.1 Å². The average molecular weight is 306 g/mol. The highest BCUT2D eigenvalue weighted by Gasteiger charge is 2.18. The van der Waals surface area contributed by atoms with Crippen molar-refractivity contribution in [2.45, 2.75) is 24.3 Å². The van der Waals surface area contributed by atoms with E-state index < -0.39 is 0 Å². The maximum absolute atomic E-state index is 6.15. The first kappa shape index (κ1) is 12.2. The molecule has 0 N–H and O–H groups in total. The molecule has 0 unspecified atom stereocenters. The number of ether oxygens (including phenoxy) is 2. The Kier molecular flexibility index (Phi) is 4.50. The number of rotatable bonds is 3. The van der Waals surface area contributed by atoms with Gasteiger partial charge in [0.2, 0.25) is 0 Å². The number of alkyl halides is 1. The molecule has 0 saturated carbocycles. The van der Waals surface area contributed by atoms with Crippen LogP contribution in [0.25, 0.3) is 0 Å². The van der Waals surface area contributed by atoms with Crippen molar-refractivity contribution in [3.8, 4) is 5.75 Å². The van der Waals surface area contributed by atoms with Gasteiger partial charge in [-0.3, -0.25) is 0 Å². The minimum absolute atomic E-state index is 0.228. The standard InChI is InChI=1S/C12H14BrClO2/c13-8-9-2-1-3-11(14)12(9)16-10-4-6-15-7-5-10/h1-3,10H,4-8H2. The Balaban J connectivity index is 2.12. The van der Waals surface area contributed by atoms with Crippen LogP contribution in [0.15, 0.2) is 18.2 Å². The number of halogens is 2. The van der Waals surface area contributed by atoms with E-state index in [9.17, 15) is 0 Å². The molecule has 16 heavy (non-hydrogen) atoms. The summed E-state index contributed by atoms with van der Waals surface area (Å²) >= 11 is 9.59. The molecule has 0 amide bonds. The van der Waals surface area contributed by atoms with E-state index in [1.807, 2.05) is 18.2 Å². The van der Waals surface area contributed by atoms with Gasteiger partial charge in [0, 0.05) is 23.7 Å². The molecular formula is C12H14BrClO2. The van der Waals surface area contributed by atoms with Gasteiger partial charge in [-0.05, 0) is 6.07 Å². The molecule has 0 aliphatic carbocycles. The minimum atomic E-state index is 0.228. The van der Waals surface area contributed by atoms with Gasteiger partial charge in [-0.15, -0.1) is 0 Å². The molecule has 1 aliphatic heterocycles. The first-order valence-corrected chi connectivity index (χ1v) is 6.89. The third-order valence-corrected chi connectivity index (χ3v) is 3.55. The lowest BCUT2D eigenvalue weighted by atomic mass is 10.1. The van der Waals surface area contributed by atoms with Crippen molar-refractivity contribution in [2.75, 3.05) is 13.2 Å². The predicted octanol–water partition coefficient (Wildman–Crippen LogP) is 3.79. The third-order valence-electron chi connectivity index (χ3n) is 2.65. The highest BCUT2D eigenvalue weighted by Crippen LogP contribution is 2.32. The highest BCUT2D eigenvalue weighted by molar-refractivity contribution is 9.08. The third kappa shape index (κ3) is 2.90. The number of benzene rings is 1. The van der Waals surface area contributed by atoms with Crippen LogP contribution in [0.3, 0.4) is 0 Å². The normalized spacial score (nSPS) is 17.4. The second-order valence-electron chi connectivity index (χ2n) is 3.79. The molecule has 0 bridgehead atoms. The van der Waals surface area contributed by atoms with Crippen molar-refractivity contribution in [1.82, 2.24) is 0 Å². The number of para-hydroxylation sites is 1. The van der Waals surface area contributed by atoms with Gasteiger partial charge in [0.25, 0.3) is 0 Å². The molecule has 0 aromatic heterocycles. The molecule has 2 nitrogen and oxygen atoms in total. The van der Waals surface area contributed by atoms with Crippen LogP contribution >= 0.6 is 27.5 Å². The minimum Gasteiger partial charge on any atom is -0.488 e. The van der Waals surface area contributed by atoms with E-state index in [1.165, 1.54) is 0 Å². The summed E-state index contributed by atoms with van der Waals surface area (Å²) in [6.45, 7) is 1.55. The number of hydrogen-bond donors (Lipinski definition) is 0. The monoisotopic (exact) mass is 304 g/mol. The van der Waals surface area contributed by atoms with Crippen LogP contribution in [0.5, 0.6) is 5.75 Å².